The van der Waals surface area contributed by atoms with Gasteiger partial charge in [-0.05, 0) is 42.0 Å². The van der Waals surface area contributed by atoms with E-state index in [9.17, 15) is 4.79 Å². The summed E-state index contributed by atoms with van der Waals surface area (Å²) in [6, 6.07) is 22.0. The molecule has 3 aromatic carbocycles. The Balaban J connectivity index is 1.98. The number of carbonyl (C=O) groups excluding carboxylic acids is 1. The molecule has 0 bridgehead atoms. The molecule has 0 aliphatic heterocycles. The van der Waals surface area contributed by atoms with Gasteiger partial charge in [0.1, 0.15) is 6.29 Å². The minimum Gasteiger partial charge on any atom is -0.336 e. The Morgan fingerprint density at radius 3 is 2.52 bits per heavy atom. The summed E-state index contributed by atoms with van der Waals surface area (Å²) in [6.45, 7) is 0.741. The van der Waals surface area contributed by atoms with Crippen LogP contribution >= 0.6 is 11.6 Å². The molecule has 0 amide bonds. The highest BCUT2D eigenvalue weighted by Gasteiger charge is 2.11. The number of para-hydroxylation sites is 1. The van der Waals surface area contributed by atoms with Crippen LogP contribution in [0.2, 0.25) is 5.02 Å². The molecule has 0 unspecified atom stereocenters. The van der Waals surface area contributed by atoms with E-state index in [1.165, 1.54) is 0 Å². The largest absolute Gasteiger partial charge is 0.336 e. The molecule has 4 rings (SSSR count). The summed E-state index contributed by atoms with van der Waals surface area (Å²) in [4.78, 5) is 11.1. The quantitative estimate of drug-likeness (QED) is 0.469. The molecular weight excluding hydrogens is 306 g/mol. The minimum absolute atomic E-state index is 0.697. The van der Waals surface area contributed by atoms with Crippen LogP contribution in [0.5, 0.6) is 0 Å². The fourth-order valence-electron chi connectivity index (χ4n) is 3.13. The SMILES string of the molecule is O=Cc1ccc2c(c1)c1ccccc1n2Cc1cccc(Cl)c1. The Morgan fingerprint density at radius 2 is 1.70 bits per heavy atom. The van der Waals surface area contributed by atoms with Crippen molar-refractivity contribution in [2.45, 2.75) is 6.54 Å². The summed E-state index contributed by atoms with van der Waals surface area (Å²) >= 11 is 6.11. The Kier molecular flexibility index (Phi) is 3.40. The second kappa shape index (κ2) is 5.56. The summed E-state index contributed by atoms with van der Waals surface area (Å²) < 4.78 is 2.27. The predicted molar refractivity (Wildman–Crippen MR) is 95.4 cm³/mol. The van der Waals surface area contributed by atoms with Crippen LogP contribution in [0.1, 0.15) is 15.9 Å². The predicted octanol–water partition coefficient (Wildman–Crippen LogP) is 5.31. The maximum absolute atomic E-state index is 11.1. The molecule has 1 aromatic heterocycles. The molecule has 0 radical (unpaired) electrons. The molecule has 2 nitrogen and oxygen atoms in total. The van der Waals surface area contributed by atoms with Gasteiger partial charge in [-0.15, -0.1) is 0 Å². The monoisotopic (exact) mass is 319 g/mol. The Labute approximate surface area is 138 Å². The Hall–Kier alpha value is -2.58. The van der Waals surface area contributed by atoms with Crippen LogP contribution in [0.15, 0.2) is 66.7 Å². The number of aldehydes is 1. The molecule has 0 saturated heterocycles. The second-order valence-corrected chi connectivity index (χ2v) is 6.06. The van der Waals surface area contributed by atoms with E-state index < -0.39 is 0 Å². The first-order valence-corrected chi connectivity index (χ1v) is 7.85. The van der Waals surface area contributed by atoms with E-state index >= 15 is 0 Å². The van der Waals surface area contributed by atoms with Gasteiger partial charge in [-0.25, -0.2) is 0 Å². The average Bonchev–Trinajstić information content (AvgIpc) is 2.89. The summed E-state index contributed by atoms with van der Waals surface area (Å²) in [5.41, 5.74) is 4.13. The Morgan fingerprint density at radius 1 is 0.870 bits per heavy atom. The van der Waals surface area contributed by atoms with E-state index in [0.29, 0.717) is 5.56 Å². The molecule has 23 heavy (non-hydrogen) atoms. The summed E-state index contributed by atoms with van der Waals surface area (Å²) in [7, 11) is 0. The highest BCUT2D eigenvalue weighted by molar-refractivity contribution is 6.30. The minimum atomic E-state index is 0.697. The summed E-state index contributed by atoms with van der Waals surface area (Å²) in [5.74, 6) is 0. The van der Waals surface area contributed by atoms with E-state index in [1.54, 1.807) is 0 Å². The zero-order chi connectivity index (χ0) is 15.8. The number of benzene rings is 3. The lowest BCUT2D eigenvalue weighted by molar-refractivity contribution is 0.112. The van der Waals surface area contributed by atoms with Crippen molar-refractivity contribution < 1.29 is 4.79 Å². The van der Waals surface area contributed by atoms with Gasteiger partial charge in [0.25, 0.3) is 0 Å². The number of aromatic nitrogens is 1. The number of hydrogen-bond acceptors (Lipinski definition) is 1. The van der Waals surface area contributed by atoms with Gasteiger partial charge in [-0.1, -0.05) is 41.9 Å². The Bertz CT molecular complexity index is 1030. The normalized spacial score (nSPS) is 11.2. The molecule has 1 heterocycles. The van der Waals surface area contributed by atoms with Gasteiger partial charge in [-0.2, -0.15) is 0 Å². The molecule has 112 valence electrons. The smallest absolute Gasteiger partial charge is 0.150 e. The molecule has 4 aromatic rings. The first-order valence-electron chi connectivity index (χ1n) is 7.47. The van der Waals surface area contributed by atoms with Crippen molar-refractivity contribution in [3.05, 3.63) is 82.9 Å². The van der Waals surface area contributed by atoms with Crippen LogP contribution in [-0.2, 0) is 6.54 Å². The number of carbonyl (C=O) groups is 1. The maximum Gasteiger partial charge on any atom is 0.150 e. The van der Waals surface area contributed by atoms with Crippen molar-refractivity contribution in [3.63, 3.8) is 0 Å². The van der Waals surface area contributed by atoms with Crippen molar-refractivity contribution >= 4 is 39.7 Å². The van der Waals surface area contributed by atoms with Crippen LogP contribution < -0.4 is 0 Å². The third-order valence-corrected chi connectivity index (χ3v) is 4.40. The third kappa shape index (κ3) is 2.41. The lowest BCUT2D eigenvalue weighted by Crippen LogP contribution is -1.99. The van der Waals surface area contributed by atoms with E-state index in [2.05, 4.69) is 22.8 Å². The zero-order valence-corrected chi connectivity index (χ0v) is 13.1. The van der Waals surface area contributed by atoms with Gasteiger partial charge in [0.05, 0.1) is 0 Å². The zero-order valence-electron chi connectivity index (χ0n) is 12.4. The van der Waals surface area contributed by atoms with Gasteiger partial charge < -0.3 is 4.57 Å². The van der Waals surface area contributed by atoms with Crippen LogP contribution in [0.3, 0.4) is 0 Å². The highest BCUT2D eigenvalue weighted by atomic mass is 35.5. The number of hydrogen-bond donors (Lipinski definition) is 0. The van der Waals surface area contributed by atoms with Crippen molar-refractivity contribution in [3.8, 4) is 0 Å². The lowest BCUT2D eigenvalue weighted by atomic mass is 10.1. The van der Waals surface area contributed by atoms with Crippen molar-refractivity contribution in [1.82, 2.24) is 4.57 Å². The number of halogens is 1. The van der Waals surface area contributed by atoms with E-state index in [1.807, 2.05) is 48.5 Å². The number of rotatable bonds is 3. The van der Waals surface area contributed by atoms with Crippen LogP contribution in [0.4, 0.5) is 0 Å². The second-order valence-electron chi connectivity index (χ2n) is 5.63. The highest BCUT2D eigenvalue weighted by Crippen LogP contribution is 2.30. The van der Waals surface area contributed by atoms with Gasteiger partial charge >= 0.3 is 0 Å². The molecule has 0 spiro atoms. The number of nitrogens with zero attached hydrogens (tertiary/aromatic N) is 1. The molecule has 0 saturated carbocycles. The standard InChI is InChI=1S/C20H14ClNO/c21-16-5-3-4-14(10-16)12-22-19-7-2-1-6-17(19)18-11-15(13-23)8-9-20(18)22/h1-11,13H,12H2. The van der Waals surface area contributed by atoms with E-state index in [4.69, 9.17) is 11.6 Å². The van der Waals surface area contributed by atoms with Gasteiger partial charge in [0.15, 0.2) is 0 Å². The molecule has 0 aliphatic carbocycles. The van der Waals surface area contributed by atoms with Gasteiger partial charge in [-0.3, -0.25) is 4.79 Å². The van der Waals surface area contributed by atoms with Gasteiger partial charge in [0.2, 0.25) is 0 Å². The molecular formula is C20H14ClNO. The van der Waals surface area contributed by atoms with E-state index in [-0.39, 0.29) is 0 Å². The molecule has 0 aliphatic rings. The van der Waals surface area contributed by atoms with Crippen molar-refractivity contribution in [2.24, 2.45) is 0 Å². The topological polar surface area (TPSA) is 22.0 Å². The van der Waals surface area contributed by atoms with Crippen LogP contribution in [0, 0.1) is 0 Å². The first kappa shape index (κ1) is 14.0. The summed E-state index contributed by atoms with van der Waals surface area (Å²) in [5, 5.41) is 3.01. The molecule has 0 N–H and O–H groups in total. The van der Waals surface area contributed by atoms with Crippen LogP contribution in [0.25, 0.3) is 21.8 Å². The van der Waals surface area contributed by atoms with Gasteiger partial charge in [0, 0.05) is 38.9 Å². The summed E-state index contributed by atoms with van der Waals surface area (Å²) in [6.07, 6.45) is 0.891. The maximum atomic E-state index is 11.1. The fraction of sp³-hybridized carbons (Fsp3) is 0.0500. The average molecular weight is 320 g/mol. The van der Waals surface area contributed by atoms with Crippen molar-refractivity contribution in [2.75, 3.05) is 0 Å². The molecule has 0 fully saturated rings. The molecule has 0 atom stereocenters. The lowest BCUT2D eigenvalue weighted by Gasteiger charge is -2.08. The van der Waals surface area contributed by atoms with Crippen molar-refractivity contribution in [1.29, 1.82) is 0 Å². The number of fused-ring (bicyclic) bond motifs is 3. The fourth-order valence-corrected chi connectivity index (χ4v) is 3.35. The van der Waals surface area contributed by atoms with Crippen LogP contribution in [-0.4, -0.2) is 10.9 Å². The third-order valence-electron chi connectivity index (χ3n) is 4.16. The molecule has 3 heteroatoms. The first-order chi connectivity index (χ1) is 11.3. The van der Waals surface area contributed by atoms with E-state index in [0.717, 1.165) is 45.2 Å².